The minimum absolute atomic E-state index is 0.233. The molecule has 190 valence electrons. The van der Waals surface area contributed by atoms with Gasteiger partial charge in [-0.25, -0.2) is 18.5 Å². The molecule has 8 N–H and O–H groups in total. The maximum Gasteiger partial charge on any atom is 0.490 e. The Labute approximate surface area is 183 Å². The van der Waals surface area contributed by atoms with Crippen molar-refractivity contribution in [3.8, 4) is 0 Å². The zero-order valence-electron chi connectivity index (χ0n) is 16.5. The highest BCUT2D eigenvalue weighted by molar-refractivity contribution is 7.66. The molecular formula is C12H21N2O16P3. The molecule has 7 atom stereocenters. The molecule has 33 heavy (non-hydrogen) atoms. The molecule has 1 aromatic rings. The third kappa shape index (κ3) is 7.99. The lowest BCUT2D eigenvalue weighted by Gasteiger charge is -2.19. The van der Waals surface area contributed by atoms with Crippen LogP contribution in [-0.4, -0.2) is 75.5 Å². The number of aromatic amines is 1. The van der Waals surface area contributed by atoms with E-state index in [9.17, 15) is 43.5 Å². The molecule has 1 aliphatic rings. The Morgan fingerprint density at radius 3 is 2.24 bits per heavy atom. The Kier molecular flexibility index (Phi) is 8.77. The summed E-state index contributed by atoms with van der Waals surface area (Å²) in [5, 5.41) is 29.8. The zero-order valence-corrected chi connectivity index (χ0v) is 19.2. The van der Waals surface area contributed by atoms with Gasteiger partial charge in [0.1, 0.15) is 24.4 Å². The van der Waals surface area contributed by atoms with Crippen molar-refractivity contribution in [2.24, 2.45) is 0 Å². The highest BCUT2D eigenvalue weighted by Crippen LogP contribution is 2.66. The van der Waals surface area contributed by atoms with Gasteiger partial charge in [0.05, 0.1) is 24.8 Å². The van der Waals surface area contributed by atoms with Gasteiger partial charge in [0.25, 0.3) is 5.56 Å². The molecule has 0 radical (unpaired) electrons. The van der Waals surface area contributed by atoms with Gasteiger partial charge >= 0.3 is 29.2 Å². The smallest absolute Gasteiger partial charge is 0.392 e. The van der Waals surface area contributed by atoms with Crippen LogP contribution in [0.1, 0.15) is 18.6 Å². The van der Waals surface area contributed by atoms with Crippen molar-refractivity contribution in [2.75, 3.05) is 6.61 Å². The number of hydrogen-bond acceptors (Lipinski definition) is 12. The van der Waals surface area contributed by atoms with E-state index in [1.165, 1.54) is 6.92 Å². The van der Waals surface area contributed by atoms with E-state index in [0.29, 0.717) is 0 Å². The van der Waals surface area contributed by atoms with Crippen LogP contribution in [-0.2, 0) is 38.1 Å². The van der Waals surface area contributed by atoms with Gasteiger partial charge in [0.15, 0.2) is 0 Å². The van der Waals surface area contributed by atoms with Gasteiger partial charge in [0.2, 0.25) is 0 Å². The van der Waals surface area contributed by atoms with Gasteiger partial charge in [-0.05, 0) is 6.92 Å². The number of nitrogens with zero attached hydrogens (tertiary/aromatic N) is 1. The molecule has 0 spiro atoms. The van der Waals surface area contributed by atoms with Crippen LogP contribution in [0.25, 0.3) is 0 Å². The summed E-state index contributed by atoms with van der Waals surface area (Å²) in [6.07, 6.45) is -6.85. The first-order valence-corrected chi connectivity index (χ1v) is 13.2. The van der Waals surface area contributed by atoms with E-state index in [1.807, 2.05) is 4.98 Å². The molecule has 2 rings (SSSR count). The quantitative estimate of drug-likeness (QED) is 0.141. The van der Waals surface area contributed by atoms with Crippen molar-refractivity contribution in [3.05, 3.63) is 32.6 Å². The second kappa shape index (κ2) is 10.3. The molecular weight excluding hydrogens is 521 g/mol. The fourth-order valence-corrected chi connectivity index (χ4v) is 5.79. The Hall–Kier alpha value is -1.07. The van der Waals surface area contributed by atoms with Gasteiger partial charge in [0, 0.05) is 6.20 Å². The highest BCUT2D eigenvalue weighted by atomic mass is 31.3. The Bertz CT molecular complexity index is 1110. The first-order chi connectivity index (χ1) is 14.9. The summed E-state index contributed by atoms with van der Waals surface area (Å²) in [6, 6.07) is 0. The van der Waals surface area contributed by atoms with Crippen LogP contribution in [0.3, 0.4) is 0 Å². The number of phosphoric ester groups is 1. The van der Waals surface area contributed by atoms with E-state index in [2.05, 4.69) is 13.1 Å². The number of ether oxygens (including phenoxy) is 1. The zero-order chi connectivity index (χ0) is 25.4. The van der Waals surface area contributed by atoms with E-state index < -0.39 is 71.8 Å². The molecule has 1 fully saturated rings. The fourth-order valence-electron chi connectivity index (χ4n) is 2.76. The number of hydrogen-bond donors (Lipinski definition) is 8. The monoisotopic (exact) mass is 542 g/mol. The number of aromatic nitrogens is 2. The van der Waals surface area contributed by atoms with Crippen LogP contribution < -0.4 is 11.2 Å². The molecule has 0 saturated carbocycles. The first kappa shape index (κ1) is 28.2. The summed E-state index contributed by atoms with van der Waals surface area (Å²) in [5.41, 5.74) is -2.21. The highest BCUT2D eigenvalue weighted by Gasteiger charge is 2.47. The second-order valence-electron chi connectivity index (χ2n) is 6.81. The molecule has 18 nitrogen and oxygen atoms in total. The average molecular weight is 542 g/mol. The number of aliphatic hydroxyl groups is 3. The van der Waals surface area contributed by atoms with Gasteiger partial charge in [-0.1, -0.05) is 0 Å². The number of nitrogens with one attached hydrogen (secondary N) is 1. The molecule has 21 heteroatoms. The largest absolute Gasteiger partial charge is 0.490 e. The first-order valence-electron chi connectivity index (χ1n) is 8.72. The maximum absolute atomic E-state index is 12.1. The van der Waals surface area contributed by atoms with E-state index >= 15 is 0 Å². The lowest BCUT2D eigenvalue weighted by Crippen LogP contribution is -2.37. The lowest BCUT2D eigenvalue weighted by molar-refractivity contribution is -0.0228. The summed E-state index contributed by atoms with van der Waals surface area (Å²) >= 11 is 0. The number of rotatable bonds is 10. The van der Waals surface area contributed by atoms with Crippen LogP contribution in [0.2, 0.25) is 0 Å². The summed E-state index contributed by atoms with van der Waals surface area (Å²) in [4.78, 5) is 61.4. The number of phosphoric acid groups is 3. The predicted octanol–water partition coefficient (Wildman–Crippen LogP) is -2.58. The lowest BCUT2D eigenvalue weighted by atomic mass is 10.0. The van der Waals surface area contributed by atoms with Gasteiger partial charge in [-0.3, -0.25) is 18.9 Å². The van der Waals surface area contributed by atoms with E-state index in [0.717, 1.165) is 10.8 Å². The van der Waals surface area contributed by atoms with Crippen molar-refractivity contribution in [3.63, 3.8) is 0 Å². The maximum atomic E-state index is 12.1. The average Bonchev–Trinajstić information content (AvgIpc) is 2.87. The van der Waals surface area contributed by atoms with Gasteiger partial charge < -0.3 is 39.6 Å². The molecule has 0 aromatic carbocycles. The van der Waals surface area contributed by atoms with Crippen molar-refractivity contribution in [1.29, 1.82) is 0 Å². The van der Waals surface area contributed by atoms with Crippen molar-refractivity contribution in [2.45, 2.75) is 44.0 Å². The molecule has 1 aromatic heterocycles. The Balaban J connectivity index is 2.14. The van der Waals surface area contributed by atoms with Crippen LogP contribution in [0.4, 0.5) is 0 Å². The van der Waals surface area contributed by atoms with E-state index in [1.54, 1.807) is 0 Å². The van der Waals surface area contributed by atoms with Crippen molar-refractivity contribution >= 4 is 23.5 Å². The van der Waals surface area contributed by atoms with Crippen molar-refractivity contribution in [1.82, 2.24) is 9.55 Å². The van der Waals surface area contributed by atoms with Crippen LogP contribution in [0.5, 0.6) is 0 Å². The van der Waals surface area contributed by atoms with E-state index in [-0.39, 0.29) is 12.1 Å². The minimum atomic E-state index is -5.76. The third-order valence-electron chi connectivity index (χ3n) is 3.99. The molecule has 1 saturated heterocycles. The third-order valence-corrected chi connectivity index (χ3v) is 7.79. The standard InChI is InChI=1S/C12H21N2O16P3/c1-5(15)2-14-3-6(11(18)13-12(14)19)10-9(17)8(16)7(28-10)4-27-32(23,24)30-33(25,26)29-31(20,21)22/h3,5,7-10,15-17H,2,4H2,1H3,(H,23,24)(H,25,26)(H,13,18,19)(H2,20,21,22)/t5-,7-,8-,9-,10+/m1/s1. The van der Waals surface area contributed by atoms with Gasteiger partial charge in [-0.15, -0.1) is 0 Å². The van der Waals surface area contributed by atoms with Crippen molar-refractivity contribution < 1.29 is 66.5 Å². The second-order valence-corrected chi connectivity index (χ2v) is 11.2. The fraction of sp³-hybridized carbons (Fsp3) is 0.667. The Morgan fingerprint density at radius 1 is 1.09 bits per heavy atom. The topological polar surface area (TPSA) is 285 Å². The normalized spacial score (nSPS) is 28.2. The molecule has 2 unspecified atom stereocenters. The van der Waals surface area contributed by atoms with E-state index in [4.69, 9.17) is 19.4 Å². The molecule has 0 aliphatic carbocycles. The molecule has 0 bridgehead atoms. The molecule has 0 amide bonds. The number of aliphatic hydroxyl groups excluding tert-OH is 3. The molecule has 2 heterocycles. The summed E-state index contributed by atoms with van der Waals surface area (Å²) in [7, 11) is -16.9. The summed E-state index contributed by atoms with van der Waals surface area (Å²) < 4.78 is 51.3. The SMILES string of the molecule is C[C@@H](O)Cn1cc([C@@H]2O[C@H](COP(=O)(O)OP(=O)(O)OP(=O)(O)O)[C@@H](O)[C@H]2O)c(=O)[nH]c1=O. The predicted molar refractivity (Wildman–Crippen MR) is 102 cm³/mol. The summed E-state index contributed by atoms with van der Waals surface area (Å²) in [5.74, 6) is 0. The minimum Gasteiger partial charge on any atom is -0.392 e. The summed E-state index contributed by atoms with van der Waals surface area (Å²) in [6.45, 7) is 0.0494. The van der Waals surface area contributed by atoms with Crippen LogP contribution in [0.15, 0.2) is 15.8 Å². The Morgan fingerprint density at radius 2 is 1.70 bits per heavy atom. The van der Waals surface area contributed by atoms with Gasteiger partial charge in [-0.2, -0.15) is 8.62 Å². The molecule has 1 aliphatic heterocycles. The number of H-pyrrole nitrogens is 1. The van der Waals surface area contributed by atoms with Crippen LogP contribution in [0, 0.1) is 0 Å². The van der Waals surface area contributed by atoms with Crippen LogP contribution >= 0.6 is 23.5 Å².